The highest BCUT2D eigenvalue weighted by Crippen LogP contribution is 2.35. The van der Waals surface area contributed by atoms with E-state index in [0.29, 0.717) is 13.2 Å². The third kappa shape index (κ3) is 7.01. The molecular formula is C28H36O5. The molecule has 178 valence electrons. The van der Waals surface area contributed by atoms with Crippen LogP contribution in [0.5, 0.6) is 11.5 Å². The number of rotatable bonds is 11. The zero-order valence-corrected chi connectivity index (χ0v) is 20.5. The lowest BCUT2D eigenvalue weighted by Crippen LogP contribution is -2.08. The SMILES string of the molecule is CCCc1c(OCCCOc2ccc(CC(=O)OC)cc2)ccc2c(CC(C)(C)C)coc12. The van der Waals surface area contributed by atoms with Crippen LogP contribution in [-0.2, 0) is 28.8 Å². The Morgan fingerprint density at radius 1 is 1.00 bits per heavy atom. The van der Waals surface area contributed by atoms with Crippen LogP contribution >= 0.6 is 0 Å². The summed E-state index contributed by atoms with van der Waals surface area (Å²) in [7, 11) is 1.39. The molecule has 5 heteroatoms. The number of carbonyl (C=O) groups excluding carboxylic acids is 1. The molecule has 0 aliphatic heterocycles. The highest BCUT2D eigenvalue weighted by atomic mass is 16.5. The van der Waals surface area contributed by atoms with E-state index < -0.39 is 0 Å². The molecule has 3 aromatic rings. The predicted molar refractivity (Wildman–Crippen MR) is 131 cm³/mol. The number of esters is 1. The quantitative estimate of drug-likeness (QED) is 0.244. The highest BCUT2D eigenvalue weighted by Gasteiger charge is 2.19. The largest absolute Gasteiger partial charge is 0.493 e. The van der Waals surface area contributed by atoms with Crippen LogP contribution in [0, 0.1) is 5.41 Å². The zero-order valence-electron chi connectivity index (χ0n) is 20.5. The summed E-state index contributed by atoms with van der Waals surface area (Å²) >= 11 is 0. The zero-order chi connectivity index (χ0) is 23.8. The van der Waals surface area contributed by atoms with Gasteiger partial charge in [-0.2, -0.15) is 0 Å². The molecule has 0 spiro atoms. The van der Waals surface area contributed by atoms with Gasteiger partial charge in [-0.3, -0.25) is 4.79 Å². The monoisotopic (exact) mass is 452 g/mol. The van der Waals surface area contributed by atoms with Crippen molar-refractivity contribution in [1.29, 1.82) is 0 Å². The first kappa shape index (κ1) is 24.7. The third-order valence-corrected chi connectivity index (χ3v) is 5.42. The van der Waals surface area contributed by atoms with Crippen molar-refractivity contribution in [3.63, 3.8) is 0 Å². The molecule has 1 heterocycles. The molecule has 1 aromatic heterocycles. The summed E-state index contributed by atoms with van der Waals surface area (Å²) in [6, 6.07) is 11.7. The Bertz CT molecular complexity index is 1040. The molecule has 0 bridgehead atoms. The van der Waals surface area contributed by atoms with Gasteiger partial charge in [-0.1, -0.05) is 46.2 Å². The maximum atomic E-state index is 11.3. The van der Waals surface area contributed by atoms with E-state index in [1.54, 1.807) is 0 Å². The summed E-state index contributed by atoms with van der Waals surface area (Å²) in [4.78, 5) is 11.3. The van der Waals surface area contributed by atoms with Crippen molar-refractivity contribution in [2.45, 2.75) is 59.8 Å². The van der Waals surface area contributed by atoms with Crippen LogP contribution in [0.2, 0.25) is 0 Å². The molecule has 0 saturated heterocycles. The molecule has 3 rings (SSSR count). The van der Waals surface area contributed by atoms with E-state index in [0.717, 1.165) is 53.9 Å². The molecule has 33 heavy (non-hydrogen) atoms. The van der Waals surface area contributed by atoms with Crippen molar-refractivity contribution < 1.29 is 23.4 Å². The van der Waals surface area contributed by atoms with Gasteiger partial charge in [0, 0.05) is 17.4 Å². The summed E-state index contributed by atoms with van der Waals surface area (Å²) < 4.78 is 22.6. The van der Waals surface area contributed by atoms with Gasteiger partial charge in [0.2, 0.25) is 0 Å². The molecule has 2 aromatic carbocycles. The van der Waals surface area contributed by atoms with Gasteiger partial charge in [0.15, 0.2) is 0 Å². The van der Waals surface area contributed by atoms with E-state index in [1.165, 1.54) is 18.1 Å². The van der Waals surface area contributed by atoms with Crippen molar-refractivity contribution in [2.24, 2.45) is 5.41 Å². The Hall–Kier alpha value is -2.95. The van der Waals surface area contributed by atoms with Crippen LogP contribution in [0.4, 0.5) is 0 Å². The van der Waals surface area contributed by atoms with Crippen LogP contribution in [0.1, 0.15) is 57.2 Å². The van der Waals surface area contributed by atoms with E-state index in [9.17, 15) is 4.79 Å². The van der Waals surface area contributed by atoms with Crippen LogP contribution in [-0.4, -0.2) is 26.3 Å². The van der Waals surface area contributed by atoms with Gasteiger partial charge in [-0.05, 0) is 53.6 Å². The molecule has 0 aliphatic carbocycles. The second-order valence-corrected chi connectivity index (χ2v) is 9.61. The number of hydrogen-bond acceptors (Lipinski definition) is 5. The van der Waals surface area contributed by atoms with E-state index in [-0.39, 0.29) is 17.8 Å². The van der Waals surface area contributed by atoms with Crippen molar-refractivity contribution >= 4 is 16.9 Å². The second kappa shape index (κ2) is 11.3. The fourth-order valence-electron chi connectivity index (χ4n) is 3.89. The van der Waals surface area contributed by atoms with Gasteiger partial charge in [0.25, 0.3) is 0 Å². The van der Waals surface area contributed by atoms with E-state index in [1.807, 2.05) is 30.5 Å². The van der Waals surface area contributed by atoms with Crippen LogP contribution in [0.25, 0.3) is 11.0 Å². The number of hydrogen-bond donors (Lipinski definition) is 0. The number of methoxy groups -OCH3 is 1. The van der Waals surface area contributed by atoms with Gasteiger partial charge in [-0.25, -0.2) is 0 Å². The number of aryl methyl sites for hydroxylation is 1. The summed E-state index contributed by atoms with van der Waals surface area (Å²) in [5.41, 5.74) is 4.47. The minimum atomic E-state index is -0.249. The summed E-state index contributed by atoms with van der Waals surface area (Å²) in [6.45, 7) is 10.0. The van der Waals surface area contributed by atoms with Gasteiger partial charge >= 0.3 is 5.97 Å². The van der Waals surface area contributed by atoms with Crippen LogP contribution < -0.4 is 9.47 Å². The molecule has 0 unspecified atom stereocenters. The Labute approximate surface area is 197 Å². The lowest BCUT2D eigenvalue weighted by molar-refractivity contribution is -0.139. The maximum Gasteiger partial charge on any atom is 0.309 e. The molecule has 0 radical (unpaired) electrons. The van der Waals surface area contributed by atoms with E-state index in [4.69, 9.17) is 18.6 Å². The van der Waals surface area contributed by atoms with E-state index >= 15 is 0 Å². The maximum absolute atomic E-state index is 11.3. The molecule has 0 atom stereocenters. The molecular weight excluding hydrogens is 416 g/mol. The van der Waals surface area contributed by atoms with Crippen molar-refractivity contribution in [3.8, 4) is 11.5 Å². The molecule has 0 fully saturated rings. The number of carbonyl (C=O) groups is 1. The minimum absolute atomic E-state index is 0.207. The summed E-state index contributed by atoms with van der Waals surface area (Å²) in [5, 5.41) is 1.19. The molecule has 0 saturated carbocycles. The van der Waals surface area contributed by atoms with Gasteiger partial charge < -0.3 is 18.6 Å². The Kier molecular flexibility index (Phi) is 8.43. The Morgan fingerprint density at radius 2 is 1.73 bits per heavy atom. The molecule has 5 nitrogen and oxygen atoms in total. The van der Waals surface area contributed by atoms with Crippen molar-refractivity contribution in [1.82, 2.24) is 0 Å². The molecule has 0 amide bonds. The Balaban J connectivity index is 1.55. The number of ether oxygens (including phenoxy) is 3. The topological polar surface area (TPSA) is 57.9 Å². The van der Waals surface area contributed by atoms with Gasteiger partial charge in [-0.15, -0.1) is 0 Å². The third-order valence-electron chi connectivity index (χ3n) is 5.42. The number of benzene rings is 2. The van der Waals surface area contributed by atoms with Gasteiger partial charge in [0.1, 0.15) is 17.1 Å². The lowest BCUT2D eigenvalue weighted by Gasteiger charge is -2.17. The van der Waals surface area contributed by atoms with Gasteiger partial charge in [0.05, 0.1) is 33.0 Å². The fraction of sp³-hybridized carbons (Fsp3) is 0.464. The Morgan fingerprint density at radius 3 is 2.39 bits per heavy atom. The van der Waals surface area contributed by atoms with Crippen LogP contribution in [0.3, 0.4) is 0 Å². The number of fused-ring (bicyclic) bond motifs is 1. The van der Waals surface area contributed by atoms with Crippen LogP contribution in [0.15, 0.2) is 47.1 Å². The van der Waals surface area contributed by atoms with E-state index in [2.05, 4.69) is 39.8 Å². The number of furan rings is 1. The molecule has 0 aliphatic rings. The standard InChI is InChI=1S/C28H36O5/c1-6-8-24-25(14-13-23-21(18-28(2,3)4)19-33-27(23)24)32-16-7-15-31-22-11-9-20(10-12-22)17-26(29)30-5/h9-14,19H,6-8,15-18H2,1-5H3. The average molecular weight is 453 g/mol. The normalized spacial score (nSPS) is 11.5. The first-order chi connectivity index (χ1) is 15.8. The first-order valence-corrected chi connectivity index (χ1v) is 11.7. The average Bonchev–Trinajstić information content (AvgIpc) is 3.17. The minimum Gasteiger partial charge on any atom is -0.493 e. The highest BCUT2D eigenvalue weighted by molar-refractivity contribution is 5.86. The van der Waals surface area contributed by atoms with Crippen molar-refractivity contribution in [3.05, 3.63) is 59.4 Å². The van der Waals surface area contributed by atoms with Crippen molar-refractivity contribution in [2.75, 3.05) is 20.3 Å². The second-order valence-electron chi connectivity index (χ2n) is 9.61. The summed E-state index contributed by atoms with van der Waals surface area (Å²) in [6.07, 6.45) is 5.86. The lowest BCUT2D eigenvalue weighted by atomic mass is 9.88. The molecule has 0 N–H and O–H groups in total. The first-order valence-electron chi connectivity index (χ1n) is 11.7. The fourth-order valence-corrected chi connectivity index (χ4v) is 3.89. The predicted octanol–water partition coefficient (Wildman–Crippen LogP) is 6.54. The summed E-state index contributed by atoms with van der Waals surface area (Å²) in [5.74, 6) is 1.42. The smallest absolute Gasteiger partial charge is 0.309 e.